The van der Waals surface area contributed by atoms with E-state index in [9.17, 15) is 10.1 Å². The van der Waals surface area contributed by atoms with E-state index in [4.69, 9.17) is 11.6 Å². The highest BCUT2D eigenvalue weighted by Gasteiger charge is 2.53. The standard InChI is InChI=1S/C16H19ClN2O2/c17-14-5-4-10(8-16(14)19(20)21)18-15-7-9-6-13(15)12-3-1-2-11(9)12/h4-5,8-9,11-13,15,18H,1-3,6-7H2. The van der Waals surface area contributed by atoms with Crippen LogP contribution in [0.2, 0.25) is 5.02 Å². The van der Waals surface area contributed by atoms with Gasteiger partial charge in [0.05, 0.1) is 4.92 Å². The minimum Gasteiger partial charge on any atom is -0.382 e. The van der Waals surface area contributed by atoms with Gasteiger partial charge in [0, 0.05) is 17.8 Å². The minimum absolute atomic E-state index is 0.0106. The second kappa shape index (κ2) is 4.87. The second-order valence-corrected chi connectivity index (χ2v) is 7.24. The fourth-order valence-electron chi connectivity index (χ4n) is 5.19. The van der Waals surface area contributed by atoms with Crippen molar-refractivity contribution < 1.29 is 4.92 Å². The van der Waals surface area contributed by atoms with Crippen LogP contribution in [-0.4, -0.2) is 11.0 Å². The topological polar surface area (TPSA) is 55.2 Å². The third-order valence-corrected chi connectivity index (χ3v) is 6.24. The number of nitrogens with zero attached hydrogens (tertiary/aromatic N) is 1. The summed E-state index contributed by atoms with van der Waals surface area (Å²) in [6.07, 6.45) is 6.77. The summed E-state index contributed by atoms with van der Waals surface area (Å²) in [5.74, 6) is 3.50. The van der Waals surface area contributed by atoms with Crippen molar-refractivity contribution in [2.45, 2.75) is 38.1 Å². The smallest absolute Gasteiger partial charge is 0.289 e. The van der Waals surface area contributed by atoms with E-state index in [0.717, 1.165) is 29.4 Å². The Bertz CT molecular complexity index is 592. The van der Waals surface area contributed by atoms with Gasteiger partial charge < -0.3 is 5.32 Å². The number of fused-ring (bicyclic) bond motifs is 5. The van der Waals surface area contributed by atoms with Gasteiger partial charge in [-0.3, -0.25) is 10.1 Å². The lowest BCUT2D eigenvalue weighted by Gasteiger charge is -2.32. The fraction of sp³-hybridized carbons (Fsp3) is 0.625. The molecule has 3 aliphatic carbocycles. The number of hydrogen-bond acceptors (Lipinski definition) is 3. The molecule has 0 heterocycles. The Balaban J connectivity index is 1.52. The van der Waals surface area contributed by atoms with Crippen LogP contribution in [0.25, 0.3) is 0 Å². The van der Waals surface area contributed by atoms with E-state index in [0.29, 0.717) is 6.04 Å². The number of hydrogen-bond donors (Lipinski definition) is 1. The van der Waals surface area contributed by atoms with Crippen LogP contribution in [0, 0.1) is 33.8 Å². The van der Waals surface area contributed by atoms with E-state index in [1.54, 1.807) is 12.1 Å². The van der Waals surface area contributed by atoms with Crippen LogP contribution in [0.3, 0.4) is 0 Å². The number of rotatable bonds is 3. The molecule has 0 spiro atoms. The number of halogens is 1. The van der Waals surface area contributed by atoms with Crippen molar-refractivity contribution in [3.05, 3.63) is 33.3 Å². The van der Waals surface area contributed by atoms with Crippen molar-refractivity contribution in [3.63, 3.8) is 0 Å². The zero-order valence-corrected chi connectivity index (χ0v) is 12.6. The van der Waals surface area contributed by atoms with Gasteiger partial charge in [-0.15, -0.1) is 0 Å². The molecule has 0 aliphatic heterocycles. The van der Waals surface area contributed by atoms with Crippen molar-refractivity contribution in [3.8, 4) is 0 Å². The molecular weight excluding hydrogens is 288 g/mol. The van der Waals surface area contributed by atoms with E-state index < -0.39 is 4.92 Å². The Kier molecular flexibility index (Phi) is 3.10. The third kappa shape index (κ3) is 2.11. The zero-order valence-electron chi connectivity index (χ0n) is 11.8. The average Bonchev–Trinajstić information content (AvgIpc) is 3.12. The summed E-state index contributed by atoms with van der Waals surface area (Å²) < 4.78 is 0. The van der Waals surface area contributed by atoms with Gasteiger partial charge in [-0.25, -0.2) is 0 Å². The Morgan fingerprint density at radius 2 is 2.00 bits per heavy atom. The van der Waals surface area contributed by atoms with Crippen LogP contribution >= 0.6 is 11.6 Å². The van der Waals surface area contributed by atoms with Crippen LogP contribution in [0.15, 0.2) is 18.2 Å². The zero-order chi connectivity index (χ0) is 14.6. The summed E-state index contributed by atoms with van der Waals surface area (Å²) in [5.41, 5.74) is 0.821. The van der Waals surface area contributed by atoms with Gasteiger partial charge in [0.15, 0.2) is 0 Å². The molecule has 5 atom stereocenters. The van der Waals surface area contributed by atoms with Gasteiger partial charge in [0.2, 0.25) is 0 Å². The van der Waals surface area contributed by atoms with Gasteiger partial charge in [-0.2, -0.15) is 0 Å². The Morgan fingerprint density at radius 1 is 1.19 bits per heavy atom. The molecule has 21 heavy (non-hydrogen) atoms. The molecule has 2 bridgehead atoms. The van der Waals surface area contributed by atoms with Crippen LogP contribution in [0.5, 0.6) is 0 Å². The maximum Gasteiger partial charge on any atom is 0.289 e. The molecule has 0 saturated heterocycles. The second-order valence-electron chi connectivity index (χ2n) is 6.83. The Labute approximate surface area is 129 Å². The quantitative estimate of drug-likeness (QED) is 0.661. The fourth-order valence-corrected chi connectivity index (χ4v) is 5.38. The van der Waals surface area contributed by atoms with Crippen molar-refractivity contribution in [1.29, 1.82) is 0 Å². The van der Waals surface area contributed by atoms with E-state index in [-0.39, 0.29) is 10.7 Å². The molecule has 3 fully saturated rings. The van der Waals surface area contributed by atoms with Crippen molar-refractivity contribution >= 4 is 23.0 Å². The molecule has 0 radical (unpaired) electrons. The predicted octanol–water partition coefficient (Wildman–Crippen LogP) is 4.48. The number of benzene rings is 1. The predicted molar refractivity (Wildman–Crippen MR) is 82.6 cm³/mol. The summed E-state index contributed by atoms with van der Waals surface area (Å²) in [4.78, 5) is 10.6. The summed E-state index contributed by atoms with van der Waals surface area (Å²) in [6, 6.07) is 5.52. The minimum atomic E-state index is -0.415. The molecular formula is C16H19ClN2O2. The highest BCUT2D eigenvalue weighted by molar-refractivity contribution is 6.32. The molecule has 5 heteroatoms. The molecule has 5 unspecified atom stereocenters. The largest absolute Gasteiger partial charge is 0.382 e. The maximum atomic E-state index is 11.0. The van der Waals surface area contributed by atoms with E-state index in [2.05, 4.69) is 5.32 Å². The molecule has 4 nitrogen and oxygen atoms in total. The molecule has 1 N–H and O–H groups in total. The van der Waals surface area contributed by atoms with Crippen LogP contribution < -0.4 is 5.32 Å². The van der Waals surface area contributed by atoms with E-state index >= 15 is 0 Å². The SMILES string of the molecule is O=[N+]([O-])c1cc(NC2CC3CC2C2CCCC32)ccc1Cl. The van der Waals surface area contributed by atoms with E-state index in [1.165, 1.54) is 32.1 Å². The number of nitrogens with one attached hydrogen (secondary N) is 1. The van der Waals surface area contributed by atoms with Gasteiger partial charge in [-0.1, -0.05) is 18.0 Å². The van der Waals surface area contributed by atoms with Crippen LogP contribution in [0.1, 0.15) is 32.1 Å². The molecule has 0 amide bonds. The monoisotopic (exact) mass is 306 g/mol. The summed E-state index contributed by atoms with van der Waals surface area (Å²) in [7, 11) is 0. The number of nitro groups is 1. The van der Waals surface area contributed by atoms with Crippen molar-refractivity contribution in [2.75, 3.05) is 5.32 Å². The highest BCUT2D eigenvalue weighted by Crippen LogP contribution is 2.59. The third-order valence-electron chi connectivity index (χ3n) is 5.92. The Hall–Kier alpha value is -1.29. The molecule has 3 saturated carbocycles. The normalized spacial score (nSPS) is 36.7. The highest BCUT2D eigenvalue weighted by atomic mass is 35.5. The van der Waals surface area contributed by atoms with Crippen molar-refractivity contribution in [1.82, 2.24) is 0 Å². The van der Waals surface area contributed by atoms with Gasteiger partial charge in [-0.05, 0) is 61.5 Å². The first-order valence-corrected chi connectivity index (χ1v) is 8.22. The molecule has 3 aliphatic rings. The molecule has 4 rings (SSSR count). The van der Waals surface area contributed by atoms with Crippen LogP contribution in [0.4, 0.5) is 11.4 Å². The molecule has 1 aromatic carbocycles. The first kappa shape index (κ1) is 13.4. The molecule has 1 aromatic rings. The van der Waals surface area contributed by atoms with E-state index in [1.807, 2.05) is 6.07 Å². The molecule has 0 aromatic heterocycles. The Morgan fingerprint density at radius 3 is 2.81 bits per heavy atom. The van der Waals surface area contributed by atoms with Crippen LogP contribution in [-0.2, 0) is 0 Å². The number of anilines is 1. The maximum absolute atomic E-state index is 11.0. The average molecular weight is 307 g/mol. The summed E-state index contributed by atoms with van der Waals surface area (Å²) >= 11 is 5.87. The van der Waals surface area contributed by atoms with Gasteiger partial charge >= 0.3 is 0 Å². The van der Waals surface area contributed by atoms with Crippen molar-refractivity contribution in [2.24, 2.45) is 23.7 Å². The number of nitro benzene ring substituents is 1. The summed E-state index contributed by atoms with van der Waals surface area (Å²) in [5, 5.41) is 14.7. The molecule has 112 valence electrons. The lowest BCUT2D eigenvalue weighted by atomic mass is 9.79. The van der Waals surface area contributed by atoms with Gasteiger partial charge in [0.25, 0.3) is 5.69 Å². The first-order valence-electron chi connectivity index (χ1n) is 7.84. The lowest BCUT2D eigenvalue weighted by molar-refractivity contribution is -0.384. The van der Waals surface area contributed by atoms with Gasteiger partial charge in [0.1, 0.15) is 5.02 Å². The summed E-state index contributed by atoms with van der Waals surface area (Å²) in [6.45, 7) is 0. The lowest BCUT2D eigenvalue weighted by Crippen LogP contribution is -2.33. The first-order chi connectivity index (χ1) is 10.1.